The van der Waals surface area contributed by atoms with Crippen LogP contribution in [0.15, 0.2) is 24.3 Å². The molecule has 0 saturated heterocycles. The molecule has 1 aromatic carbocycles. The van der Waals surface area contributed by atoms with Crippen molar-refractivity contribution < 1.29 is 0 Å². The molecule has 1 atom stereocenters. The Bertz CT molecular complexity index is 249. The fourth-order valence-electron chi connectivity index (χ4n) is 0.608. The first-order chi connectivity index (χ1) is 4.33. The quantitative estimate of drug-likeness (QED) is 0.488. The summed E-state index contributed by atoms with van der Waals surface area (Å²) in [5, 5.41) is 9.45. The van der Waals surface area contributed by atoms with Crippen molar-refractivity contribution in [2.24, 2.45) is 0 Å². The third kappa shape index (κ3) is 1.52. The third-order valence-electron chi connectivity index (χ3n) is 1.02. The maximum Gasteiger partial charge on any atom is 0.0991 e. The molecule has 0 aliphatic heterocycles. The molecule has 1 rings (SSSR count). The van der Waals surface area contributed by atoms with Crippen LogP contribution in [0.3, 0.4) is 0 Å². The fourth-order valence-corrected chi connectivity index (χ4v) is 0.899. The zero-order valence-electron chi connectivity index (χ0n) is 4.83. The average Bonchev–Trinajstić information content (AvgIpc) is 1.88. The van der Waals surface area contributed by atoms with E-state index < -0.39 is 0 Å². The van der Waals surface area contributed by atoms with Gasteiger partial charge >= 0.3 is 0 Å². The van der Waals surface area contributed by atoms with Crippen molar-refractivity contribution in [2.75, 3.05) is 0 Å². The number of hydrogen-bond donors (Lipinski definition) is 0. The van der Waals surface area contributed by atoms with E-state index in [0.717, 1.165) is 5.30 Å². The molecule has 1 unspecified atom stereocenters. The lowest BCUT2D eigenvalue weighted by molar-refractivity contribution is 1.49. The molecular formula is C7H6NP. The molecule has 44 valence electrons. The monoisotopic (exact) mass is 135 g/mol. The van der Waals surface area contributed by atoms with Gasteiger partial charge in [0.05, 0.1) is 11.6 Å². The summed E-state index contributed by atoms with van der Waals surface area (Å²) in [6.07, 6.45) is 0. The normalized spacial score (nSPS) is 8.44. The Kier molecular flexibility index (Phi) is 1.82. The van der Waals surface area contributed by atoms with Crippen LogP contribution in [-0.2, 0) is 0 Å². The maximum atomic E-state index is 8.40. The van der Waals surface area contributed by atoms with Gasteiger partial charge in [-0.15, -0.1) is 9.24 Å². The summed E-state index contributed by atoms with van der Waals surface area (Å²) >= 11 is 0. The highest BCUT2D eigenvalue weighted by Gasteiger charge is 1.86. The van der Waals surface area contributed by atoms with E-state index >= 15 is 0 Å². The van der Waals surface area contributed by atoms with Crippen molar-refractivity contribution in [1.82, 2.24) is 0 Å². The number of rotatable bonds is 0. The summed E-state index contributed by atoms with van der Waals surface area (Å²) in [7, 11) is 2.54. The lowest BCUT2D eigenvalue weighted by Gasteiger charge is -1.88. The molecular weight excluding hydrogens is 129 g/mol. The Morgan fingerprint density at radius 3 is 2.67 bits per heavy atom. The van der Waals surface area contributed by atoms with E-state index in [0.29, 0.717) is 5.56 Å². The highest BCUT2D eigenvalue weighted by Crippen LogP contribution is 1.95. The van der Waals surface area contributed by atoms with E-state index in [-0.39, 0.29) is 0 Å². The SMILES string of the molecule is N#Cc1cccc(P)c1. The molecule has 0 saturated carbocycles. The van der Waals surface area contributed by atoms with Crippen LogP contribution in [0.1, 0.15) is 5.56 Å². The van der Waals surface area contributed by atoms with Crippen LogP contribution in [-0.4, -0.2) is 0 Å². The predicted octanol–water partition coefficient (Wildman–Crippen LogP) is 1.06. The second-order valence-electron chi connectivity index (χ2n) is 1.74. The Morgan fingerprint density at radius 2 is 2.22 bits per heavy atom. The van der Waals surface area contributed by atoms with Crippen molar-refractivity contribution in [3.63, 3.8) is 0 Å². The molecule has 0 N–H and O–H groups in total. The molecule has 2 heteroatoms. The summed E-state index contributed by atoms with van der Waals surface area (Å²) in [6, 6.07) is 9.46. The van der Waals surface area contributed by atoms with Crippen molar-refractivity contribution in [1.29, 1.82) is 5.26 Å². The molecule has 0 spiro atoms. The van der Waals surface area contributed by atoms with Crippen LogP contribution >= 0.6 is 9.24 Å². The van der Waals surface area contributed by atoms with Gasteiger partial charge < -0.3 is 0 Å². The molecule has 0 heterocycles. The van der Waals surface area contributed by atoms with Crippen LogP contribution in [0.2, 0.25) is 0 Å². The standard InChI is InChI=1S/C7H6NP/c8-5-6-2-1-3-7(9)4-6/h1-4H,9H2. The maximum absolute atomic E-state index is 8.40. The van der Waals surface area contributed by atoms with E-state index in [1.165, 1.54) is 0 Å². The molecule has 0 fully saturated rings. The smallest absolute Gasteiger partial charge is 0.0991 e. The van der Waals surface area contributed by atoms with Crippen molar-refractivity contribution in [3.8, 4) is 6.07 Å². The van der Waals surface area contributed by atoms with Crippen molar-refractivity contribution in [2.45, 2.75) is 0 Å². The minimum Gasteiger partial charge on any atom is -0.192 e. The first kappa shape index (κ1) is 6.26. The number of nitriles is 1. The van der Waals surface area contributed by atoms with Gasteiger partial charge in [0.2, 0.25) is 0 Å². The number of hydrogen-bond acceptors (Lipinski definition) is 1. The topological polar surface area (TPSA) is 23.8 Å². The highest BCUT2D eigenvalue weighted by atomic mass is 31.0. The molecule has 0 aliphatic carbocycles. The van der Waals surface area contributed by atoms with E-state index in [2.05, 4.69) is 15.3 Å². The van der Waals surface area contributed by atoms with Crippen LogP contribution in [0, 0.1) is 11.3 Å². The van der Waals surface area contributed by atoms with Crippen LogP contribution < -0.4 is 5.30 Å². The van der Waals surface area contributed by atoms with Gasteiger partial charge in [0.25, 0.3) is 0 Å². The summed E-state index contributed by atoms with van der Waals surface area (Å²) in [6.45, 7) is 0. The second-order valence-corrected chi connectivity index (χ2v) is 2.40. The van der Waals surface area contributed by atoms with E-state index in [4.69, 9.17) is 5.26 Å². The lowest BCUT2D eigenvalue weighted by atomic mass is 10.2. The van der Waals surface area contributed by atoms with Gasteiger partial charge in [-0.2, -0.15) is 5.26 Å². The van der Waals surface area contributed by atoms with Crippen molar-refractivity contribution >= 4 is 14.5 Å². The van der Waals surface area contributed by atoms with Crippen molar-refractivity contribution in [3.05, 3.63) is 29.8 Å². The minimum absolute atomic E-state index is 0.711. The molecule has 0 bridgehead atoms. The van der Waals surface area contributed by atoms with E-state index in [9.17, 15) is 0 Å². The number of nitrogens with zero attached hydrogens (tertiary/aromatic N) is 1. The molecule has 1 nitrogen and oxygen atoms in total. The predicted molar refractivity (Wildman–Crippen MR) is 40.5 cm³/mol. The fraction of sp³-hybridized carbons (Fsp3) is 0. The van der Waals surface area contributed by atoms with E-state index in [1.54, 1.807) is 6.07 Å². The van der Waals surface area contributed by atoms with Crippen LogP contribution in [0.4, 0.5) is 0 Å². The van der Waals surface area contributed by atoms with Gasteiger partial charge in [0.15, 0.2) is 0 Å². The molecule has 0 aromatic heterocycles. The Hall–Kier alpha value is -0.860. The first-order valence-corrected chi connectivity index (χ1v) is 3.16. The van der Waals surface area contributed by atoms with Gasteiger partial charge in [-0.1, -0.05) is 12.1 Å². The first-order valence-electron chi connectivity index (χ1n) is 2.58. The van der Waals surface area contributed by atoms with Gasteiger partial charge in [-0.3, -0.25) is 0 Å². The summed E-state index contributed by atoms with van der Waals surface area (Å²) in [5.41, 5.74) is 0.711. The van der Waals surface area contributed by atoms with Gasteiger partial charge in [-0.25, -0.2) is 0 Å². The summed E-state index contributed by atoms with van der Waals surface area (Å²) in [4.78, 5) is 0. The molecule has 1 aromatic rings. The van der Waals surface area contributed by atoms with Gasteiger partial charge in [-0.05, 0) is 17.4 Å². The van der Waals surface area contributed by atoms with Gasteiger partial charge in [0, 0.05) is 0 Å². The third-order valence-corrected chi connectivity index (χ3v) is 1.37. The lowest BCUT2D eigenvalue weighted by Crippen LogP contribution is -1.88. The molecule has 0 aliphatic rings. The largest absolute Gasteiger partial charge is 0.192 e. The summed E-state index contributed by atoms with van der Waals surface area (Å²) < 4.78 is 0. The average molecular weight is 135 g/mol. The second kappa shape index (κ2) is 2.62. The molecule has 9 heavy (non-hydrogen) atoms. The minimum atomic E-state index is 0.711. The Balaban J connectivity index is 3.12. The van der Waals surface area contributed by atoms with E-state index in [1.807, 2.05) is 18.2 Å². The zero-order valence-corrected chi connectivity index (χ0v) is 5.99. The highest BCUT2D eigenvalue weighted by molar-refractivity contribution is 7.27. The van der Waals surface area contributed by atoms with Gasteiger partial charge in [0.1, 0.15) is 0 Å². The van der Waals surface area contributed by atoms with Crippen LogP contribution in [0.5, 0.6) is 0 Å². The Labute approximate surface area is 56.5 Å². The molecule has 0 radical (unpaired) electrons. The zero-order chi connectivity index (χ0) is 6.69. The Morgan fingerprint density at radius 1 is 1.44 bits per heavy atom. The van der Waals surface area contributed by atoms with Crippen LogP contribution in [0.25, 0.3) is 0 Å². The molecule has 0 amide bonds. The summed E-state index contributed by atoms with van der Waals surface area (Å²) in [5.74, 6) is 0. The number of benzene rings is 1.